The third-order valence-electron chi connectivity index (χ3n) is 2.43. The van der Waals surface area contributed by atoms with E-state index in [2.05, 4.69) is 21.0 Å². The average Bonchev–Trinajstić information content (AvgIpc) is 2.30. The summed E-state index contributed by atoms with van der Waals surface area (Å²) in [5.74, 6) is -0.328. The van der Waals surface area contributed by atoms with Crippen molar-refractivity contribution in [3.05, 3.63) is 56.4 Å². The molecule has 0 bridgehead atoms. The number of hydrogen-bond acceptors (Lipinski definition) is 3. The van der Waals surface area contributed by atoms with Gasteiger partial charge in [-0.1, -0.05) is 15.9 Å². The Hall–Kier alpha value is -1.95. The van der Waals surface area contributed by atoms with Gasteiger partial charge in [-0.05, 0) is 31.2 Å². The number of hydrogen-bond donors (Lipinski definition) is 2. The topological polar surface area (TPSA) is 84.8 Å². The van der Waals surface area contributed by atoms with E-state index in [9.17, 15) is 4.79 Å². The first-order valence-electron chi connectivity index (χ1n) is 5.20. The lowest BCUT2D eigenvalue weighted by Gasteiger charge is -2.10. The van der Waals surface area contributed by atoms with E-state index in [0.717, 1.165) is 10.2 Å². The van der Waals surface area contributed by atoms with Crippen LogP contribution in [0.4, 0.5) is 0 Å². The molecule has 0 saturated carbocycles. The highest BCUT2D eigenvalue weighted by Gasteiger charge is 2.09. The van der Waals surface area contributed by atoms with Gasteiger partial charge in [-0.2, -0.15) is 5.10 Å². The Morgan fingerprint density at radius 1 is 1.39 bits per heavy atom. The smallest absolute Gasteiger partial charge is 0.211 e. The number of nitrogen functional groups attached to an aromatic ring is 1. The Kier molecular flexibility index (Phi) is 3.29. The Labute approximate surface area is 112 Å². The minimum absolute atomic E-state index is 0.0384. The first-order chi connectivity index (χ1) is 8.49. The van der Waals surface area contributed by atoms with Gasteiger partial charge in [0.2, 0.25) is 5.43 Å². The minimum Gasteiger partial charge on any atom is -0.382 e. The summed E-state index contributed by atoms with van der Waals surface area (Å²) >= 11 is 3.35. The lowest BCUT2D eigenvalue weighted by atomic mass is 10.3. The molecule has 0 spiro atoms. The van der Waals surface area contributed by atoms with Crippen LogP contribution in [0.15, 0.2) is 39.6 Å². The third-order valence-corrected chi connectivity index (χ3v) is 2.96. The molecular weight excluding hydrogens is 296 g/mol. The van der Waals surface area contributed by atoms with Gasteiger partial charge in [0.1, 0.15) is 5.84 Å². The van der Waals surface area contributed by atoms with E-state index in [0.29, 0.717) is 5.69 Å². The van der Waals surface area contributed by atoms with Crippen molar-refractivity contribution < 1.29 is 0 Å². The molecule has 3 N–H and O–H groups in total. The standard InChI is InChI=1S/C12H11BrN4O/c1-7-6-10(18)11(12(14)15)16-17(7)9-4-2-8(13)3-5-9/h2-6H,1H3,(H3,14,15). The van der Waals surface area contributed by atoms with Crippen LogP contribution in [0.5, 0.6) is 0 Å². The number of benzene rings is 1. The normalized spacial score (nSPS) is 10.3. The van der Waals surface area contributed by atoms with Crippen molar-refractivity contribution in [3.63, 3.8) is 0 Å². The third kappa shape index (κ3) is 2.33. The van der Waals surface area contributed by atoms with Crippen molar-refractivity contribution in [2.75, 3.05) is 0 Å². The summed E-state index contributed by atoms with van der Waals surface area (Å²) < 4.78 is 2.54. The summed E-state index contributed by atoms with van der Waals surface area (Å²) in [4.78, 5) is 11.6. The summed E-state index contributed by atoms with van der Waals surface area (Å²) in [6, 6.07) is 8.90. The van der Waals surface area contributed by atoms with E-state index >= 15 is 0 Å². The van der Waals surface area contributed by atoms with Crippen molar-refractivity contribution in [2.45, 2.75) is 6.92 Å². The first kappa shape index (κ1) is 12.5. The van der Waals surface area contributed by atoms with Gasteiger partial charge < -0.3 is 5.73 Å². The molecule has 2 rings (SSSR count). The van der Waals surface area contributed by atoms with Crippen LogP contribution in [-0.2, 0) is 0 Å². The summed E-state index contributed by atoms with van der Waals surface area (Å²) in [6.45, 7) is 1.78. The number of aryl methyl sites for hydroxylation is 1. The Balaban J connectivity index is 2.64. The number of nitrogens with one attached hydrogen (secondary N) is 1. The molecular formula is C12H11BrN4O. The largest absolute Gasteiger partial charge is 0.382 e. The van der Waals surface area contributed by atoms with Crippen molar-refractivity contribution >= 4 is 21.8 Å². The SMILES string of the molecule is Cc1cc(=O)c(C(=N)N)nn1-c1ccc(Br)cc1. The second kappa shape index (κ2) is 4.73. The summed E-state index contributed by atoms with van der Waals surface area (Å²) in [5.41, 5.74) is 6.45. The van der Waals surface area contributed by atoms with Gasteiger partial charge in [0.05, 0.1) is 5.69 Å². The van der Waals surface area contributed by atoms with Crippen LogP contribution in [0.3, 0.4) is 0 Å². The van der Waals surface area contributed by atoms with E-state index in [1.165, 1.54) is 6.07 Å². The zero-order valence-corrected chi connectivity index (χ0v) is 11.2. The lowest BCUT2D eigenvalue weighted by Crippen LogP contribution is -2.27. The number of aromatic nitrogens is 2. The molecule has 0 amide bonds. The van der Waals surface area contributed by atoms with Gasteiger partial charge in [-0.3, -0.25) is 10.2 Å². The van der Waals surface area contributed by atoms with Gasteiger partial charge in [0, 0.05) is 16.2 Å². The summed E-state index contributed by atoms with van der Waals surface area (Å²) in [7, 11) is 0. The number of nitrogens with two attached hydrogens (primary N) is 1. The van der Waals surface area contributed by atoms with Crippen molar-refractivity contribution in [2.24, 2.45) is 5.73 Å². The number of rotatable bonds is 2. The molecule has 5 nitrogen and oxygen atoms in total. The predicted molar refractivity (Wildman–Crippen MR) is 73.3 cm³/mol. The van der Waals surface area contributed by atoms with Crippen molar-refractivity contribution in [1.29, 1.82) is 5.41 Å². The zero-order valence-electron chi connectivity index (χ0n) is 9.64. The molecule has 0 aliphatic heterocycles. The molecule has 0 fully saturated rings. The number of nitrogens with zero attached hydrogens (tertiary/aromatic N) is 2. The van der Waals surface area contributed by atoms with Gasteiger partial charge in [-0.25, -0.2) is 4.68 Å². The fraction of sp³-hybridized carbons (Fsp3) is 0.0833. The Bertz CT molecular complexity index is 661. The molecule has 0 saturated heterocycles. The molecule has 0 unspecified atom stereocenters. The van der Waals surface area contributed by atoms with Crippen LogP contribution in [0.25, 0.3) is 5.69 Å². The molecule has 18 heavy (non-hydrogen) atoms. The second-order valence-corrected chi connectivity index (χ2v) is 4.72. The Morgan fingerprint density at radius 3 is 2.56 bits per heavy atom. The fourth-order valence-corrected chi connectivity index (χ4v) is 1.84. The van der Waals surface area contributed by atoms with Crippen LogP contribution in [0, 0.1) is 12.3 Å². The highest BCUT2D eigenvalue weighted by atomic mass is 79.9. The van der Waals surface area contributed by atoms with E-state index in [1.807, 2.05) is 24.3 Å². The molecule has 2 aromatic rings. The van der Waals surface area contributed by atoms with E-state index < -0.39 is 0 Å². The van der Waals surface area contributed by atoms with E-state index in [1.54, 1.807) is 11.6 Å². The maximum Gasteiger partial charge on any atom is 0.211 e. The van der Waals surface area contributed by atoms with Crippen molar-refractivity contribution in [1.82, 2.24) is 9.78 Å². The summed E-state index contributed by atoms with van der Waals surface area (Å²) in [6.07, 6.45) is 0. The van der Waals surface area contributed by atoms with Crippen LogP contribution >= 0.6 is 15.9 Å². The maximum atomic E-state index is 11.6. The molecule has 0 atom stereocenters. The molecule has 1 heterocycles. The van der Waals surface area contributed by atoms with Gasteiger partial charge in [0.25, 0.3) is 0 Å². The molecule has 0 aliphatic rings. The highest BCUT2D eigenvalue weighted by Crippen LogP contribution is 2.14. The maximum absolute atomic E-state index is 11.6. The molecule has 0 radical (unpaired) electrons. The van der Waals surface area contributed by atoms with E-state index in [-0.39, 0.29) is 17.0 Å². The van der Waals surface area contributed by atoms with Crippen LogP contribution < -0.4 is 11.2 Å². The molecule has 1 aromatic carbocycles. The number of amidine groups is 1. The van der Waals surface area contributed by atoms with E-state index in [4.69, 9.17) is 11.1 Å². The second-order valence-electron chi connectivity index (χ2n) is 3.80. The molecule has 1 aromatic heterocycles. The molecule has 0 aliphatic carbocycles. The predicted octanol–water partition coefficient (Wildman–Crippen LogP) is 1.59. The van der Waals surface area contributed by atoms with Gasteiger partial charge >= 0.3 is 0 Å². The first-order valence-corrected chi connectivity index (χ1v) is 5.99. The average molecular weight is 307 g/mol. The molecule has 92 valence electrons. The van der Waals surface area contributed by atoms with Gasteiger partial charge in [0.15, 0.2) is 5.69 Å². The quantitative estimate of drug-likeness (QED) is 0.652. The van der Waals surface area contributed by atoms with Crippen LogP contribution in [-0.4, -0.2) is 15.6 Å². The molecule has 6 heteroatoms. The monoisotopic (exact) mass is 306 g/mol. The van der Waals surface area contributed by atoms with Crippen molar-refractivity contribution in [3.8, 4) is 5.69 Å². The van der Waals surface area contributed by atoms with Crippen LogP contribution in [0.1, 0.15) is 11.4 Å². The summed E-state index contributed by atoms with van der Waals surface area (Å²) in [5, 5.41) is 11.4. The number of halogens is 1. The highest BCUT2D eigenvalue weighted by molar-refractivity contribution is 9.10. The van der Waals surface area contributed by atoms with Crippen LogP contribution in [0.2, 0.25) is 0 Å². The lowest BCUT2D eigenvalue weighted by molar-refractivity contribution is 0.791. The minimum atomic E-state index is -0.339. The fourth-order valence-electron chi connectivity index (χ4n) is 1.58. The Morgan fingerprint density at radius 2 is 2.00 bits per heavy atom. The van der Waals surface area contributed by atoms with Gasteiger partial charge in [-0.15, -0.1) is 0 Å². The zero-order chi connectivity index (χ0) is 13.3.